The Morgan fingerprint density at radius 3 is 2.56 bits per heavy atom. The highest BCUT2D eigenvalue weighted by atomic mass is 32.9. The van der Waals surface area contributed by atoms with E-state index in [9.17, 15) is 4.79 Å². The van der Waals surface area contributed by atoms with Crippen LogP contribution in [0.4, 0.5) is 0 Å². The summed E-state index contributed by atoms with van der Waals surface area (Å²) in [6.07, 6.45) is 5.81. The summed E-state index contributed by atoms with van der Waals surface area (Å²) >= 11 is 5.17. The summed E-state index contributed by atoms with van der Waals surface area (Å²) in [5, 5.41) is 0. The lowest BCUT2D eigenvalue weighted by molar-refractivity contribution is 0.0496. The highest BCUT2D eigenvalue weighted by molar-refractivity contribution is 7.80. The Balaban J connectivity index is 1.30. The summed E-state index contributed by atoms with van der Waals surface area (Å²) in [5.41, 5.74) is 1.64. The summed E-state index contributed by atoms with van der Waals surface area (Å²) in [4.78, 5) is 16.9. The number of hydrogen-bond acceptors (Lipinski definition) is 7. The molecule has 1 aromatic carbocycles. The lowest BCUT2D eigenvalue weighted by Crippen LogP contribution is -2.07. The Hall–Kier alpha value is -2.09. The second-order valence-electron chi connectivity index (χ2n) is 5.81. The molecule has 0 fully saturated rings. The molecule has 0 bridgehead atoms. The maximum atomic E-state index is 11.8. The lowest BCUT2D eigenvalue weighted by atomic mass is 10.2. The van der Waals surface area contributed by atoms with Crippen LogP contribution in [0.15, 0.2) is 54.9 Å². The molecule has 2 aromatic heterocycles. The van der Waals surface area contributed by atoms with Gasteiger partial charge in [0, 0.05) is 17.3 Å². The van der Waals surface area contributed by atoms with E-state index >= 15 is 0 Å². The minimum atomic E-state index is -0.325. The lowest BCUT2D eigenvalue weighted by Gasteiger charge is -2.07. The van der Waals surface area contributed by atoms with Crippen LogP contribution in [0.25, 0.3) is 10.4 Å². The Bertz CT molecular complexity index is 904. The Morgan fingerprint density at radius 1 is 1.04 bits per heavy atom. The van der Waals surface area contributed by atoms with Crippen LogP contribution in [0.1, 0.15) is 29.6 Å². The van der Waals surface area contributed by atoms with E-state index in [0.717, 1.165) is 34.4 Å². The van der Waals surface area contributed by atoms with Crippen LogP contribution in [0.3, 0.4) is 0 Å². The first-order chi connectivity index (χ1) is 13.2. The minimum absolute atomic E-state index is 0.325. The van der Waals surface area contributed by atoms with Crippen molar-refractivity contribution in [2.45, 2.75) is 19.3 Å². The number of pyridine rings is 1. The first-order valence-corrected chi connectivity index (χ1v) is 11.2. The van der Waals surface area contributed by atoms with E-state index in [1.54, 1.807) is 39.0 Å². The number of hydrogen-bond donors (Lipinski definition) is 0. The number of aromatic nitrogens is 1. The predicted octanol–water partition coefficient (Wildman–Crippen LogP) is 6.01. The van der Waals surface area contributed by atoms with Crippen molar-refractivity contribution in [2.24, 2.45) is 0 Å². The van der Waals surface area contributed by atoms with Crippen molar-refractivity contribution >= 4 is 38.9 Å². The van der Waals surface area contributed by atoms with Crippen LogP contribution in [-0.2, 0) is 4.74 Å². The number of unbranched alkanes of at least 4 members (excludes halogenated alkanes) is 2. The Labute approximate surface area is 170 Å². The quantitative estimate of drug-likeness (QED) is 0.185. The third kappa shape index (κ3) is 6.23. The number of carbonyl (C=O) groups excluding carboxylic acids is 1. The summed E-state index contributed by atoms with van der Waals surface area (Å²) in [5.74, 6) is 0.537. The zero-order valence-corrected chi connectivity index (χ0v) is 17.1. The highest BCUT2D eigenvalue weighted by Gasteiger charge is 2.06. The molecular weight excluding hydrogens is 398 g/mol. The Kier molecular flexibility index (Phi) is 7.50. The van der Waals surface area contributed by atoms with E-state index < -0.39 is 0 Å². The summed E-state index contributed by atoms with van der Waals surface area (Å²) in [6, 6.07) is 13.5. The Morgan fingerprint density at radius 2 is 1.85 bits per heavy atom. The van der Waals surface area contributed by atoms with Crippen LogP contribution in [0.2, 0.25) is 0 Å². The maximum Gasteiger partial charge on any atom is 0.339 e. The molecule has 3 aromatic rings. The fourth-order valence-electron chi connectivity index (χ4n) is 2.39. The molecule has 0 saturated carbocycles. The molecular formula is C20H19NO3S3. The van der Waals surface area contributed by atoms with Crippen molar-refractivity contribution in [3.8, 4) is 16.2 Å². The minimum Gasteiger partial charge on any atom is -0.494 e. The number of nitrogens with zero attached hydrogens (tertiary/aromatic N) is 1. The van der Waals surface area contributed by atoms with Gasteiger partial charge in [0.2, 0.25) is 0 Å². The number of benzene rings is 1. The summed E-state index contributed by atoms with van der Waals surface area (Å²) in [7, 11) is 3.31. The molecule has 140 valence electrons. The van der Waals surface area contributed by atoms with Crippen LogP contribution >= 0.6 is 32.9 Å². The highest BCUT2D eigenvalue weighted by Crippen LogP contribution is 2.30. The maximum absolute atomic E-state index is 11.8. The van der Waals surface area contributed by atoms with Crippen molar-refractivity contribution in [2.75, 3.05) is 13.2 Å². The molecule has 0 aliphatic rings. The van der Waals surface area contributed by atoms with Gasteiger partial charge in [-0.15, -0.1) is 0 Å². The molecule has 4 nitrogen and oxygen atoms in total. The fourth-order valence-corrected chi connectivity index (χ4v) is 4.79. The molecule has 0 aliphatic heterocycles. The van der Waals surface area contributed by atoms with Crippen molar-refractivity contribution in [3.05, 3.63) is 64.2 Å². The van der Waals surface area contributed by atoms with Gasteiger partial charge in [0.15, 0.2) is 0 Å². The van der Waals surface area contributed by atoms with Crippen molar-refractivity contribution < 1.29 is 14.3 Å². The van der Waals surface area contributed by atoms with Crippen molar-refractivity contribution in [1.29, 1.82) is 0 Å². The van der Waals surface area contributed by atoms with Gasteiger partial charge in [-0.3, -0.25) is 4.98 Å². The van der Waals surface area contributed by atoms with Crippen LogP contribution in [0.5, 0.6) is 5.75 Å². The number of rotatable bonds is 9. The molecule has 7 heteroatoms. The average Bonchev–Trinajstić information content (AvgIpc) is 3.14. The second-order valence-corrected chi connectivity index (χ2v) is 8.72. The standard InChI is InChI=1S/C20H19NO3S3/c22-20(16-5-4-10-21-14-16)24-12-3-1-2-11-23-17-8-6-15(7-9-17)18-13-19(25)27-26-18/h4-10,13-14H,1-3,11-12H2. The van der Waals surface area contributed by atoms with Crippen LogP contribution < -0.4 is 4.74 Å². The van der Waals surface area contributed by atoms with Gasteiger partial charge in [0.05, 0.1) is 18.8 Å². The van der Waals surface area contributed by atoms with Crippen LogP contribution in [-0.4, -0.2) is 24.2 Å². The van der Waals surface area contributed by atoms with Gasteiger partial charge >= 0.3 is 5.97 Å². The molecule has 0 amide bonds. The van der Waals surface area contributed by atoms with Gasteiger partial charge in [0.1, 0.15) is 9.57 Å². The monoisotopic (exact) mass is 417 g/mol. The number of carbonyl (C=O) groups is 1. The topological polar surface area (TPSA) is 48.4 Å². The molecule has 3 rings (SSSR count). The van der Waals surface area contributed by atoms with E-state index in [2.05, 4.69) is 17.1 Å². The predicted molar refractivity (Wildman–Crippen MR) is 112 cm³/mol. The molecule has 0 spiro atoms. The van der Waals surface area contributed by atoms with E-state index in [0.29, 0.717) is 18.8 Å². The van der Waals surface area contributed by atoms with Gasteiger partial charge in [-0.1, -0.05) is 32.9 Å². The summed E-state index contributed by atoms with van der Waals surface area (Å²) in [6.45, 7) is 1.06. The largest absolute Gasteiger partial charge is 0.494 e. The zero-order valence-electron chi connectivity index (χ0n) is 14.6. The SMILES string of the molecule is O=C(OCCCCCOc1ccc(-c2cc(=S)ss2)cc1)c1cccnc1. The molecule has 0 atom stereocenters. The van der Waals surface area contributed by atoms with Gasteiger partial charge < -0.3 is 9.47 Å². The van der Waals surface area contributed by atoms with Crippen molar-refractivity contribution in [3.63, 3.8) is 0 Å². The van der Waals surface area contributed by atoms with Crippen molar-refractivity contribution in [1.82, 2.24) is 4.98 Å². The van der Waals surface area contributed by atoms with Gasteiger partial charge in [0.25, 0.3) is 0 Å². The van der Waals surface area contributed by atoms with Crippen LogP contribution in [0, 0.1) is 3.82 Å². The molecule has 0 aliphatic carbocycles. The van der Waals surface area contributed by atoms with Gasteiger partial charge in [-0.2, -0.15) is 0 Å². The van der Waals surface area contributed by atoms with Gasteiger partial charge in [-0.05, 0) is 67.3 Å². The number of esters is 1. The molecule has 2 heterocycles. The van der Waals surface area contributed by atoms with E-state index in [4.69, 9.17) is 21.7 Å². The molecule has 0 unspecified atom stereocenters. The van der Waals surface area contributed by atoms with E-state index in [-0.39, 0.29) is 5.97 Å². The summed E-state index contributed by atoms with van der Waals surface area (Å²) < 4.78 is 11.9. The van der Waals surface area contributed by atoms with E-state index in [1.165, 1.54) is 11.1 Å². The molecule has 0 N–H and O–H groups in total. The average molecular weight is 418 g/mol. The smallest absolute Gasteiger partial charge is 0.339 e. The third-order valence-corrected chi connectivity index (χ3v) is 6.70. The molecule has 27 heavy (non-hydrogen) atoms. The zero-order chi connectivity index (χ0) is 18.9. The fraction of sp³-hybridized carbons (Fsp3) is 0.250. The van der Waals surface area contributed by atoms with E-state index in [1.807, 2.05) is 18.2 Å². The third-order valence-electron chi connectivity index (χ3n) is 3.79. The first kappa shape index (κ1) is 19.7. The molecule has 0 radical (unpaired) electrons. The normalized spacial score (nSPS) is 10.5. The van der Waals surface area contributed by atoms with Gasteiger partial charge in [-0.25, -0.2) is 4.79 Å². The number of ether oxygens (including phenoxy) is 2. The first-order valence-electron chi connectivity index (χ1n) is 8.63. The second kappa shape index (κ2) is 10.3. The molecule has 0 saturated heterocycles.